The molecule has 2 aromatic carbocycles. The average molecular weight is 458 g/mol. The van der Waals surface area contributed by atoms with Gasteiger partial charge in [0.25, 0.3) is 5.69 Å². The highest BCUT2D eigenvalue weighted by Gasteiger charge is 2.27. The van der Waals surface area contributed by atoms with Gasteiger partial charge < -0.3 is 4.55 Å². The Morgan fingerprint density at radius 3 is 2.59 bits per heavy atom. The van der Waals surface area contributed by atoms with E-state index in [-0.39, 0.29) is 16.7 Å². The van der Waals surface area contributed by atoms with Crippen LogP contribution in [0.5, 0.6) is 0 Å². The Morgan fingerprint density at radius 1 is 1.25 bits per heavy atom. The Bertz CT molecular complexity index is 1290. The summed E-state index contributed by atoms with van der Waals surface area (Å²) in [5, 5.41) is 18.8. The fourth-order valence-electron chi connectivity index (χ4n) is 3.52. The molecular weight excluding hydrogens is 436 g/mol. The zero-order valence-corrected chi connectivity index (χ0v) is 18.5. The highest BCUT2D eigenvalue weighted by atomic mass is 32.3. The second kappa shape index (κ2) is 9.39. The number of hydrogen-bond acceptors (Lipinski definition) is 8. The number of para-hydroxylation sites is 1. The quantitative estimate of drug-likeness (QED) is 0.147. The lowest BCUT2D eigenvalue weighted by molar-refractivity contribution is -0.644. The molecule has 0 saturated carbocycles. The monoisotopic (exact) mass is 458 g/mol. The number of hydrazone groups is 1. The molecule has 0 fully saturated rings. The van der Waals surface area contributed by atoms with Gasteiger partial charge in [0.15, 0.2) is 6.20 Å². The van der Waals surface area contributed by atoms with Gasteiger partial charge in [-0.1, -0.05) is 12.1 Å². The molecule has 10 nitrogen and oxygen atoms in total. The van der Waals surface area contributed by atoms with Crippen LogP contribution < -0.4 is 9.58 Å². The van der Waals surface area contributed by atoms with E-state index in [1.54, 1.807) is 12.1 Å². The summed E-state index contributed by atoms with van der Waals surface area (Å²) in [6.07, 6.45) is 4.64. The van der Waals surface area contributed by atoms with Crippen LogP contribution in [-0.4, -0.2) is 37.3 Å². The maximum atomic E-state index is 11.0. The van der Waals surface area contributed by atoms with Crippen molar-refractivity contribution < 1.29 is 26.6 Å². The van der Waals surface area contributed by atoms with Crippen molar-refractivity contribution in [2.24, 2.45) is 12.1 Å². The van der Waals surface area contributed by atoms with Crippen molar-refractivity contribution in [1.82, 2.24) is 0 Å². The van der Waals surface area contributed by atoms with Crippen LogP contribution in [0.3, 0.4) is 0 Å². The van der Waals surface area contributed by atoms with Gasteiger partial charge in [-0.25, -0.2) is 13.0 Å². The van der Waals surface area contributed by atoms with Gasteiger partial charge in [-0.05, 0) is 31.0 Å². The maximum Gasteiger partial charge on any atom is 0.269 e. The number of nitro benzene ring substituents is 1. The Labute approximate surface area is 185 Å². The van der Waals surface area contributed by atoms with Crippen molar-refractivity contribution in [1.29, 1.82) is 0 Å². The normalized spacial score (nSPS) is 15.5. The van der Waals surface area contributed by atoms with E-state index in [2.05, 4.69) is 27.8 Å². The molecule has 1 atom stereocenters. The molecule has 0 N–H and O–H groups in total. The molecule has 168 valence electrons. The Hall–Kier alpha value is -3.41. The molecule has 2 heterocycles. The topological polar surface area (TPSA) is 129 Å². The molecule has 11 heteroatoms. The van der Waals surface area contributed by atoms with Crippen LogP contribution >= 0.6 is 0 Å². The summed E-state index contributed by atoms with van der Waals surface area (Å²) in [6, 6.07) is 15.4. The molecule has 3 aromatic rings. The molecule has 1 aliphatic rings. The summed E-state index contributed by atoms with van der Waals surface area (Å²) >= 11 is 0. The lowest BCUT2D eigenvalue weighted by atomic mass is 10.1. The summed E-state index contributed by atoms with van der Waals surface area (Å²) in [5.41, 5.74) is 4.21. The molecule has 0 spiro atoms. The molecule has 0 radical (unpaired) electrons. The van der Waals surface area contributed by atoms with Crippen molar-refractivity contribution in [3.05, 3.63) is 76.0 Å². The third-order valence-electron chi connectivity index (χ3n) is 5.05. The minimum Gasteiger partial charge on any atom is -0.726 e. The lowest BCUT2D eigenvalue weighted by Gasteiger charge is -2.18. The molecular formula is C21H22N4O6S. The van der Waals surface area contributed by atoms with Crippen LogP contribution in [0.1, 0.15) is 18.1 Å². The number of anilines is 1. The van der Waals surface area contributed by atoms with E-state index in [9.17, 15) is 23.1 Å². The number of nitrogens with zero attached hydrogens (tertiary/aromatic N) is 4. The smallest absolute Gasteiger partial charge is 0.269 e. The van der Waals surface area contributed by atoms with Gasteiger partial charge in [0.05, 0.1) is 35.4 Å². The van der Waals surface area contributed by atoms with Crippen LogP contribution in [0.15, 0.2) is 59.8 Å². The predicted molar refractivity (Wildman–Crippen MR) is 118 cm³/mol. The van der Waals surface area contributed by atoms with Crippen LogP contribution in [0.2, 0.25) is 0 Å². The highest BCUT2D eigenvalue weighted by Crippen LogP contribution is 2.34. The third kappa shape index (κ3) is 5.25. The first kappa shape index (κ1) is 23.3. The number of aryl methyl sites for hydroxylation is 1. The van der Waals surface area contributed by atoms with Gasteiger partial charge in [0.1, 0.15) is 7.05 Å². The second-order valence-corrected chi connectivity index (χ2v) is 8.34. The maximum absolute atomic E-state index is 11.0. The fourth-order valence-corrected chi connectivity index (χ4v) is 3.52. The number of benzene rings is 2. The number of aromatic nitrogens is 1. The van der Waals surface area contributed by atoms with Crippen LogP contribution in [0.4, 0.5) is 11.4 Å². The third-order valence-corrected chi connectivity index (χ3v) is 5.46. The van der Waals surface area contributed by atoms with E-state index in [4.69, 9.17) is 5.10 Å². The Morgan fingerprint density at radius 2 is 1.94 bits per heavy atom. The minimum atomic E-state index is -4.41. The highest BCUT2D eigenvalue weighted by molar-refractivity contribution is 7.80. The van der Waals surface area contributed by atoms with E-state index in [0.29, 0.717) is 0 Å². The van der Waals surface area contributed by atoms with Crippen LogP contribution in [-0.2, 0) is 28.1 Å². The molecule has 0 bridgehead atoms. The summed E-state index contributed by atoms with van der Waals surface area (Å²) in [6.45, 7) is 2.08. The van der Waals surface area contributed by atoms with Crippen molar-refractivity contribution in [3.63, 3.8) is 0 Å². The number of pyridine rings is 1. The predicted octanol–water partition coefficient (Wildman–Crippen LogP) is 2.45. The van der Waals surface area contributed by atoms with Crippen molar-refractivity contribution in [3.8, 4) is 0 Å². The minimum absolute atomic E-state index is 0.128. The van der Waals surface area contributed by atoms with Crippen LogP contribution in [0, 0.1) is 10.1 Å². The van der Waals surface area contributed by atoms with Gasteiger partial charge >= 0.3 is 0 Å². The molecule has 1 aliphatic heterocycles. The van der Waals surface area contributed by atoms with E-state index in [1.807, 2.05) is 42.7 Å². The lowest BCUT2D eigenvalue weighted by Crippen LogP contribution is -2.28. The van der Waals surface area contributed by atoms with Gasteiger partial charge in [0, 0.05) is 29.8 Å². The SMILES string of the molecule is CC1Cc2cc([N+](=O)[O-])ccc2N1N=Cc1cc[n+](C)c2ccccc12.COS(=O)(=O)[O-]. The van der Waals surface area contributed by atoms with Crippen molar-refractivity contribution in [2.75, 3.05) is 12.1 Å². The standard InChI is InChI=1S/C20H19N4O2.CH4O4S/c1-14-11-16-12-17(24(25)26)7-8-19(16)23(14)21-13-15-9-10-22(2)20-6-4-3-5-18(15)20;1-5-6(2,3)4/h3-10,12-14H,11H2,1-2H3;1H3,(H,2,3,4)/q+1;/p-1. The molecule has 0 saturated heterocycles. The Balaban J connectivity index is 0.000000427. The first-order valence-electron chi connectivity index (χ1n) is 9.60. The summed E-state index contributed by atoms with van der Waals surface area (Å²) in [7, 11) is -1.58. The zero-order valence-electron chi connectivity index (χ0n) is 17.7. The zero-order chi connectivity index (χ0) is 23.5. The summed E-state index contributed by atoms with van der Waals surface area (Å²) in [5.74, 6) is 0. The van der Waals surface area contributed by atoms with Gasteiger partial charge in [-0.3, -0.25) is 19.3 Å². The molecule has 1 aromatic heterocycles. The average Bonchev–Trinajstić information content (AvgIpc) is 3.07. The van der Waals surface area contributed by atoms with Gasteiger partial charge in [0.2, 0.25) is 15.9 Å². The van der Waals surface area contributed by atoms with E-state index >= 15 is 0 Å². The largest absolute Gasteiger partial charge is 0.726 e. The fraction of sp³-hybridized carbons (Fsp3) is 0.238. The first-order valence-corrected chi connectivity index (χ1v) is 10.9. The van der Waals surface area contributed by atoms with Gasteiger partial charge in [-0.15, -0.1) is 0 Å². The second-order valence-electron chi connectivity index (χ2n) is 7.19. The number of non-ortho nitro benzene ring substituents is 1. The van der Waals surface area contributed by atoms with E-state index in [1.165, 1.54) is 6.07 Å². The number of rotatable bonds is 4. The number of hydrogen-bond donors (Lipinski definition) is 0. The number of nitro groups is 1. The Kier molecular flexibility index (Phi) is 6.82. The molecule has 0 aliphatic carbocycles. The summed E-state index contributed by atoms with van der Waals surface area (Å²) < 4.78 is 33.1. The van der Waals surface area contributed by atoms with Gasteiger partial charge in [-0.2, -0.15) is 5.10 Å². The number of fused-ring (bicyclic) bond motifs is 2. The van der Waals surface area contributed by atoms with Crippen molar-refractivity contribution >= 4 is 38.9 Å². The molecule has 32 heavy (non-hydrogen) atoms. The van der Waals surface area contributed by atoms with Crippen LogP contribution in [0.25, 0.3) is 10.9 Å². The molecule has 4 rings (SSSR count). The molecule has 1 unspecified atom stereocenters. The van der Waals surface area contributed by atoms with Crippen molar-refractivity contribution in [2.45, 2.75) is 19.4 Å². The summed E-state index contributed by atoms with van der Waals surface area (Å²) in [4.78, 5) is 10.6. The van der Waals surface area contributed by atoms with E-state index < -0.39 is 10.4 Å². The first-order chi connectivity index (χ1) is 15.1. The van der Waals surface area contributed by atoms with E-state index in [0.717, 1.165) is 41.2 Å². The molecule has 0 amide bonds.